The van der Waals surface area contributed by atoms with Crippen LogP contribution in [0.1, 0.15) is 40.0 Å². The van der Waals surface area contributed by atoms with E-state index in [1.807, 2.05) is 6.92 Å². The Kier molecular flexibility index (Phi) is 7.01. The Morgan fingerprint density at radius 2 is 2.00 bits per heavy atom. The van der Waals surface area contributed by atoms with Crippen molar-refractivity contribution >= 4 is 11.8 Å². The number of halogens is 3. The Morgan fingerprint density at radius 1 is 1.39 bits per heavy atom. The van der Waals surface area contributed by atoms with Gasteiger partial charge in [0.1, 0.15) is 0 Å². The summed E-state index contributed by atoms with van der Waals surface area (Å²) in [7, 11) is 1.46. The maximum atomic E-state index is 12.3. The first-order valence-electron chi connectivity index (χ1n) is 7.32. The predicted molar refractivity (Wildman–Crippen MR) is 72.9 cm³/mol. The van der Waals surface area contributed by atoms with Gasteiger partial charge >= 0.3 is 146 Å². The molecular formula is C15H19F3HgO4. The molecule has 1 rings (SSSR count). The van der Waals surface area contributed by atoms with Gasteiger partial charge in [0, 0.05) is 0 Å². The molecular weight excluding hydrogens is 502 g/mol. The molecule has 0 heterocycles. The first kappa shape index (κ1) is 20.3. The van der Waals surface area contributed by atoms with E-state index >= 15 is 0 Å². The summed E-state index contributed by atoms with van der Waals surface area (Å²) < 4.78 is 47.1. The molecule has 0 N–H and O–H groups in total. The molecule has 1 atom stereocenters. The van der Waals surface area contributed by atoms with E-state index in [4.69, 9.17) is 4.74 Å². The average molecular weight is 521 g/mol. The zero-order chi connectivity index (χ0) is 17.8. The molecule has 0 aromatic rings. The summed E-state index contributed by atoms with van der Waals surface area (Å²) in [5.74, 6) is -2.44. The van der Waals surface area contributed by atoms with Crippen molar-refractivity contribution in [3.63, 3.8) is 0 Å². The molecule has 23 heavy (non-hydrogen) atoms. The van der Waals surface area contributed by atoms with E-state index in [0.29, 0.717) is 15.1 Å². The quantitative estimate of drug-likeness (QED) is 0.398. The number of unbranched alkanes of at least 4 members (excludes halogenated alkanes) is 1. The van der Waals surface area contributed by atoms with Gasteiger partial charge in [-0.2, -0.15) is 0 Å². The molecule has 126 valence electrons. The number of carbonyl (C=O) groups excluding carboxylic acids is 2. The molecule has 4 nitrogen and oxygen atoms in total. The van der Waals surface area contributed by atoms with E-state index < -0.39 is 42.8 Å². The molecule has 0 saturated carbocycles. The van der Waals surface area contributed by atoms with Crippen LogP contribution >= 0.6 is 0 Å². The third-order valence-corrected chi connectivity index (χ3v) is 8.57. The van der Waals surface area contributed by atoms with Crippen molar-refractivity contribution in [2.75, 3.05) is 7.11 Å². The second kappa shape index (κ2) is 7.92. The Bertz CT molecular complexity index is 551. The summed E-state index contributed by atoms with van der Waals surface area (Å²) in [4.78, 5) is 23.1. The second-order valence-electron chi connectivity index (χ2n) is 5.60. The molecule has 0 aromatic heterocycles. The zero-order valence-corrected chi connectivity index (χ0v) is 19.2. The van der Waals surface area contributed by atoms with Gasteiger partial charge in [-0.05, 0) is 0 Å². The summed E-state index contributed by atoms with van der Waals surface area (Å²) in [5.41, 5.74) is 0.209. The van der Waals surface area contributed by atoms with Crippen LogP contribution in [0.4, 0.5) is 13.2 Å². The fourth-order valence-corrected chi connectivity index (χ4v) is 7.16. The molecule has 0 aliphatic heterocycles. The fraction of sp³-hybridized carbons (Fsp3) is 0.600. The first-order valence-corrected chi connectivity index (χ1v) is 12.3. The van der Waals surface area contributed by atoms with E-state index in [1.54, 1.807) is 13.8 Å². The number of carbonyl (C=O) groups is 2. The number of ketones is 1. The Labute approximate surface area is 146 Å². The Morgan fingerprint density at radius 3 is 2.48 bits per heavy atom. The van der Waals surface area contributed by atoms with Crippen molar-refractivity contribution in [2.24, 2.45) is 0 Å². The third kappa shape index (κ3) is 4.65. The fourth-order valence-electron chi connectivity index (χ4n) is 2.62. The van der Waals surface area contributed by atoms with Gasteiger partial charge in [-0.25, -0.2) is 0 Å². The van der Waals surface area contributed by atoms with Crippen LogP contribution < -0.4 is 0 Å². The maximum absolute atomic E-state index is 12.3. The number of allylic oxidation sites excluding steroid dienone is 2. The summed E-state index contributed by atoms with van der Waals surface area (Å²) in [6, 6.07) is 0. The molecule has 0 bridgehead atoms. The van der Waals surface area contributed by atoms with E-state index in [2.05, 4.69) is 2.64 Å². The van der Waals surface area contributed by atoms with E-state index in [1.165, 1.54) is 13.2 Å². The minimum atomic E-state index is -5.00. The van der Waals surface area contributed by atoms with Gasteiger partial charge in [-0.3, -0.25) is 0 Å². The van der Waals surface area contributed by atoms with Crippen LogP contribution in [0.15, 0.2) is 20.3 Å². The zero-order valence-electron chi connectivity index (χ0n) is 13.7. The molecule has 0 radical (unpaired) electrons. The summed E-state index contributed by atoms with van der Waals surface area (Å²) >= 11 is -2.83. The van der Waals surface area contributed by atoms with Crippen molar-refractivity contribution < 1.29 is 55.2 Å². The molecule has 0 saturated heterocycles. The van der Waals surface area contributed by atoms with Gasteiger partial charge in [-0.15, -0.1) is 0 Å². The second-order valence-corrected chi connectivity index (χ2v) is 12.0. The predicted octanol–water partition coefficient (Wildman–Crippen LogP) is 3.47. The number of methoxy groups -OCH3 is 1. The van der Waals surface area contributed by atoms with Crippen molar-refractivity contribution in [2.45, 2.75) is 51.8 Å². The number of alkyl halides is 3. The Hall–Kier alpha value is -0.695. The molecule has 0 fully saturated rings. The molecule has 0 spiro atoms. The van der Waals surface area contributed by atoms with Crippen LogP contribution in [0.2, 0.25) is 0 Å². The van der Waals surface area contributed by atoms with Crippen molar-refractivity contribution in [3.8, 4) is 0 Å². The van der Waals surface area contributed by atoms with Gasteiger partial charge in [0.25, 0.3) is 0 Å². The van der Waals surface area contributed by atoms with Crippen molar-refractivity contribution in [1.82, 2.24) is 0 Å². The van der Waals surface area contributed by atoms with E-state index in [-0.39, 0.29) is 5.78 Å². The molecule has 1 aliphatic rings. The third-order valence-electron chi connectivity index (χ3n) is 3.93. The number of ether oxygens (including phenoxy) is 1. The van der Waals surface area contributed by atoms with E-state index in [9.17, 15) is 22.8 Å². The van der Waals surface area contributed by atoms with Gasteiger partial charge < -0.3 is 0 Å². The molecule has 0 aromatic carbocycles. The SMILES string of the molecule is CCCCC1=CC(=O)/C(=[C](/C)[Hg][O]C(=O)C(F)(F)F)C1(C)OC. The number of hydrogen-bond acceptors (Lipinski definition) is 4. The summed E-state index contributed by atoms with van der Waals surface area (Å²) in [6.07, 6.45) is -0.982. The van der Waals surface area contributed by atoms with Gasteiger partial charge in [-0.1, -0.05) is 0 Å². The molecule has 1 unspecified atom stereocenters. The minimum absolute atomic E-state index is 0.263. The van der Waals surface area contributed by atoms with Gasteiger partial charge in [0.05, 0.1) is 0 Å². The van der Waals surface area contributed by atoms with Crippen molar-refractivity contribution in [1.29, 1.82) is 0 Å². The van der Waals surface area contributed by atoms with Gasteiger partial charge in [0.15, 0.2) is 0 Å². The average Bonchev–Trinajstić information content (AvgIpc) is 2.72. The molecule has 0 amide bonds. The Balaban J connectivity index is 3.00. The van der Waals surface area contributed by atoms with Crippen molar-refractivity contribution in [3.05, 3.63) is 20.3 Å². The van der Waals surface area contributed by atoms with Crippen LogP contribution in [0, 0.1) is 0 Å². The van der Waals surface area contributed by atoms with Gasteiger partial charge in [0.2, 0.25) is 0 Å². The van der Waals surface area contributed by atoms with Crippen LogP contribution in [0.5, 0.6) is 0 Å². The number of hydrogen-bond donors (Lipinski definition) is 0. The monoisotopic (exact) mass is 522 g/mol. The molecule has 8 heteroatoms. The summed E-state index contributed by atoms with van der Waals surface area (Å²) in [6.45, 7) is 5.32. The van der Waals surface area contributed by atoms with Crippen LogP contribution in [-0.4, -0.2) is 30.6 Å². The normalized spacial score (nSPS) is 23.4. The summed E-state index contributed by atoms with van der Waals surface area (Å²) in [5, 5.41) is 0. The molecule has 1 aliphatic carbocycles. The standard InChI is InChI=1S/C13H19O2.C2HF3O2.Hg/c1-5-7-8-10-9-12(14)11(6-2)13(10,3)15-4;3-2(4,5)1(6)7;/h9H,5,7-8H2,1-4H3;(H,6,7);/q;;+1/p-1. The van der Waals surface area contributed by atoms with Crippen LogP contribution in [-0.2, 0) is 42.0 Å². The number of rotatable bonds is 6. The van der Waals surface area contributed by atoms with E-state index in [0.717, 1.165) is 18.4 Å². The van der Waals surface area contributed by atoms with Crippen LogP contribution in [0.3, 0.4) is 0 Å². The topological polar surface area (TPSA) is 52.6 Å². The first-order chi connectivity index (χ1) is 10.6. The van der Waals surface area contributed by atoms with Crippen LogP contribution in [0.25, 0.3) is 0 Å².